The highest BCUT2D eigenvalue weighted by molar-refractivity contribution is 5.87. The number of hydrogen-bond donors (Lipinski definition) is 0. The summed E-state index contributed by atoms with van der Waals surface area (Å²) in [6, 6.07) is 4.03. The lowest BCUT2D eigenvalue weighted by Crippen LogP contribution is -2.51. The Morgan fingerprint density at radius 1 is 1.26 bits per heavy atom. The summed E-state index contributed by atoms with van der Waals surface area (Å²) in [5.74, 6) is 0.126. The van der Waals surface area contributed by atoms with Gasteiger partial charge in [-0.2, -0.15) is 0 Å². The van der Waals surface area contributed by atoms with Crippen LogP contribution in [0, 0.1) is 5.92 Å². The topological polar surface area (TPSA) is 56.8 Å². The molecule has 2 aliphatic heterocycles. The second-order valence-electron chi connectivity index (χ2n) is 6.47. The van der Waals surface area contributed by atoms with E-state index < -0.39 is 0 Å². The summed E-state index contributed by atoms with van der Waals surface area (Å²) in [5.41, 5.74) is 1.20. The van der Waals surface area contributed by atoms with Crippen LogP contribution in [0.5, 0.6) is 0 Å². The van der Waals surface area contributed by atoms with Gasteiger partial charge in [0, 0.05) is 71.0 Å². The molecule has 3 rings (SSSR count). The minimum Gasteiger partial charge on any atom is -0.346 e. The van der Waals surface area contributed by atoms with Crippen molar-refractivity contribution in [1.29, 1.82) is 0 Å². The molecule has 0 N–H and O–H groups in total. The van der Waals surface area contributed by atoms with Gasteiger partial charge in [-0.1, -0.05) is 6.07 Å². The summed E-state index contributed by atoms with van der Waals surface area (Å²) in [5, 5.41) is 0. The lowest BCUT2D eigenvalue weighted by atomic mass is 9.94. The van der Waals surface area contributed by atoms with Crippen LogP contribution in [0.1, 0.15) is 18.4 Å². The van der Waals surface area contributed by atoms with Gasteiger partial charge in [0.25, 0.3) is 0 Å². The maximum absolute atomic E-state index is 12.6. The third-order valence-electron chi connectivity index (χ3n) is 4.82. The van der Waals surface area contributed by atoms with Gasteiger partial charge in [-0.3, -0.25) is 19.5 Å². The van der Waals surface area contributed by atoms with Crippen molar-refractivity contribution in [2.24, 2.45) is 5.92 Å². The molecule has 0 spiro atoms. The van der Waals surface area contributed by atoms with Crippen molar-refractivity contribution < 1.29 is 9.59 Å². The molecule has 6 nitrogen and oxygen atoms in total. The minimum absolute atomic E-state index is 0.0878. The molecule has 2 fully saturated rings. The van der Waals surface area contributed by atoms with E-state index in [1.54, 1.807) is 18.1 Å². The van der Waals surface area contributed by atoms with Crippen molar-refractivity contribution >= 4 is 11.8 Å². The number of pyridine rings is 1. The normalized spacial score (nSPS) is 23.2. The molecule has 0 saturated carbocycles. The van der Waals surface area contributed by atoms with Gasteiger partial charge >= 0.3 is 0 Å². The molecule has 6 heteroatoms. The Morgan fingerprint density at radius 3 is 2.70 bits per heavy atom. The zero-order valence-corrected chi connectivity index (χ0v) is 13.6. The maximum Gasteiger partial charge on any atom is 0.226 e. The van der Waals surface area contributed by atoms with Crippen molar-refractivity contribution in [2.75, 3.05) is 39.8 Å². The molecule has 124 valence electrons. The van der Waals surface area contributed by atoms with Crippen molar-refractivity contribution in [3.05, 3.63) is 30.1 Å². The summed E-state index contributed by atoms with van der Waals surface area (Å²) in [7, 11) is 1.81. The van der Waals surface area contributed by atoms with Gasteiger partial charge in [-0.25, -0.2) is 0 Å². The molecule has 0 unspecified atom stereocenters. The predicted octanol–water partition coefficient (Wildman–Crippen LogP) is 0.594. The number of aromatic nitrogens is 1. The Balaban J connectivity index is 1.49. The summed E-state index contributed by atoms with van der Waals surface area (Å²) >= 11 is 0. The average molecular weight is 316 g/mol. The van der Waals surface area contributed by atoms with Crippen molar-refractivity contribution in [3.8, 4) is 0 Å². The number of piperazine rings is 1. The van der Waals surface area contributed by atoms with Gasteiger partial charge in [-0.05, 0) is 18.1 Å². The van der Waals surface area contributed by atoms with E-state index in [4.69, 9.17) is 0 Å². The summed E-state index contributed by atoms with van der Waals surface area (Å²) in [6.07, 6.45) is 4.83. The van der Waals surface area contributed by atoms with Crippen LogP contribution in [0.3, 0.4) is 0 Å². The molecular weight excluding hydrogens is 292 g/mol. The van der Waals surface area contributed by atoms with Crippen LogP contribution < -0.4 is 0 Å². The molecule has 0 aromatic carbocycles. The molecular formula is C17H24N4O2. The minimum atomic E-state index is -0.122. The van der Waals surface area contributed by atoms with E-state index in [1.165, 1.54) is 5.56 Å². The largest absolute Gasteiger partial charge is 0.346 e. The summed E-state index contributed by atoms with van der Waals surface area (Å²) in [6.45, 7) is 4.82. The molecule has 0 aliphatic carbocycles. The second-order valence-corrected chi connectivity index (χ2v) is 6.47. The summed E-state index contributed by atoms with van der Waals surface area (Å²) in [4.78, 5) is 34.5. The van der Waals surface area contributed by atoms with E-state index in [1.807, 2.05) is 17.2 Å². The van der Waals surface area contributed by atoms with E-state index in [0.29, 0.717) is 13.0 Å². The number of amides is 2. The molecule has 2 aliphatic rings. The van der Waals surface area contributed by atoms with Crippen LogP contribution >= 0.6 is 0 Å². The number of rotatable bonds is 3. The Morgan fingerprint density at radius 2 is 2.04 bits per heavy atom. The van der Waals surface area contributed by atoms with E-state index in [0.717, 1.165) is 39.1 Å². The Hall–Kier alpha value is -1.95. The smallest absolute Gasteiger partial charge is 0.226 e. The van der Waals surface area contributed by atoms with Crippen LogP contribution in [0.25, 0.3) is 0 Å². The summed E-state index contributed by atoms with van der Waals surface area (Å²) < 4.78 is 0. The first-order chi connectivity index (χ1) is 11.1. The predicted molar refractivity (Wildman–Crippen MR) is 86.5 cm³/mol. The van der Waals surface area contributed by atoms with Crippen molar-refractivity contribution in [2.45, 2.75) is 19.4 Å². The quantitative estimate of drug-likeness (QED) is 0.819. The Bertz CT molecular complexity index is 555. The number of hydrogen-bond acceptors (Lipinski definition) is 4. The number of likely N-dealkylation sites (tertiary alicyclic amines) is 1. The SMILES string of the molecule is CN1CC[C@H](C(=O)N2CCN(Cc3cccnc3)CC2)CC1=O. The first kappa shape index (κ1) is 15.9. The fourth-order valence-corrected chi connectivity index (χ4v) is 3.29. The Labute approximate surface area is 137 Å². The molecule has 1 aromatic rings. The van der Waals surface area contributed by atoms with Crippen molar-refractivity contribution in [1.82, 2.24) is 19.7 Å². The fourth-order valence-electron chi connectivity index (χ4n) is 3.29. The highest BCUT2D eigenvalue weighted by Crippen LogP contribution is 2.20. The van der Waals surface area contributed by atoms with Crippen LogP contribution in [-0.4, -0.2) is 71.3 Å². The van der Waals surface area contributed by atoms with E-state index in [9.17, 15) is 9.59 Å². The van der Waals surface area contributed by atoms with Gasteiger partial charge in [0.2, 0.25) is 11.8 Å². The number of piperidine rings is 1. The van der Waals surface area contributed by atoms with Crippen LogP contribution in [0.2, 0.25) is 0 Å². The monoisotopic (exact) mass is 316 g/mol. The van der Waals surface area contributed by atoms with E-state index >= 15 is 0 Å². The van der Waals surface area contributed by atoms with Gasteiger partial charge < -0.3 is 9.80 Å². The molecule has 1 atom stereocenters. The highest BCUT2D eigenvalue weighted by atomic mass is 16.2. The average Bonchev–Trinajstić information content (AvgIpc) is 2.58. The first-order valence-corrected chi connectivity index (χ1v) is 8.27. The number of nitrogens with zero attached hydrogens (tertiary/aromatic N) is 4. The molecule has 1 aromatic heterocycles. The van der Waals surface area contributed by atoms with Crippen molar-refractivity contribution in [3.63, 3.8) is 0 Å². The molecule has 3 heterocycles. The van der Waals surface area contributed by atoms with Gasteiger partial charge in [-0.15, -0.1) is 0 Å². The molecule has 2 amide bonds. The number of carbonyl (C=O) groups excluding carboxylic acids is 2. The van der Waals surface area contributed by atoms with Crippen LogP contribution in [0.15, 0.2) is 24.5 Å². The van der Waals surface area contributed by atoms with Crippen LogP contribution in [-0.2, 0) is 16.1 Å². The zero-order chi connectivity index (χ0) is 16.2. The van der Waals surface area contributed by atoms with E-state index in [-0.39, 0.29) is 17.7 Å². The highest BCUT2D eigenvalue weighted by Gasteiger charge is 2.32. The maximum atomic E-state index is 12.6. The lowest BCUT2D eigenvalue weighted by Gasteiger charge is -2.37. The zero-order valence-electron chi connectivity index (χ0n) is 13.6. The lowest BCUT2D eigenvalue weighted by molar-refractivity contribution is -0.145. The standard InChI is InChI=1S/C17H24N4O2/c1-19-6-4-15(11-16(19)22)17(23)21-9-7-20(8-10-21)13-14-3-2-5-18-12-14/h2-3,5,12,15H,4,6-11,13H2,1H3/t15-/m0/s1. The van der Waals surface area contributed by atoms with Gasteiger partial charge in [0.1, 0.15) is 0 Å². The third-order valence-corrected chi connectivity index (χ3v) is 4.82. The van der Waals surface area contributed by atoms with Crippen LogP contribution in [0.4, 0.5) is 0 Å². The third kappa shape index (κ3) is 3.88. The molecule has 0 radical (unpaired) electrons. The molecule has 23 heavy (non-hydrogen) atoms. The van der Waals surface area contributed by atoms with Gasteiger partial charge in [0.15, 0.2) is 0 Å². The van der Waals surface area contributed by atoms with E-state index in [2.05, 4.69) is 16.0 Å². The first-order valence-electron chi connectivity index (χ1n) is 8.27. The number of carbonyl (C=O) groups is 2. The second kappa shape index (κ2) is 7.08. The molecule has 2 saturated heterocycles. The van der Waals surface area contributed by atoms with Gasteiger partial charge in [0.05, 0.1) is 0 Å². The Kier molecular flexibility index (Phi) is 4.91. The molecule has 0 bridgehead atoms. The fraction of sp³-hybridized carbons (Fsp3) is 0.588.